The van der Waals surface area contributed by atoms with Gasteiger partial charge in [-0.3, -0.25) is 14.5 Å². The van der Waals surface area contributed by atoms with E-state index in [0.717, 1.165) is 11.1 Å². The average Bonchev–Trinajstić information content (AvgIpc) is 3.54. The molecule has 1 amide bonds. The smallest absolute Gasteiger partial charge is 0.296 e. The number of aromatic nitrogens is 2. The number of carbonyl (C=O) groups is 2. The van der Waals surface area contributed by atoms with Crippen molar-refractivity contribution in [3.05, 3.63) is 119 Å². The molecule has 5 rings (SSSR count). The van der Waals surface area contributed by atoms with Gasteiger partial charge in [0.15, 0.2) is 15.9 Å². The van der Waals surface area contributed by atoms with Crippen LogP contribution in [0.1, 0.15) is 29.7 Å². The van der Waals surface area contributed by atoms with Crippen LogP contribution in [-0.2, 0) is 15.3 Å². The van der Waals surface area contributed by atoms with Crippen molar-refractivity contribution in [1.82, 2.24) is 10.2 Å². The largest absolute Gasteiger partial charge is 0.503 e. The fraction of sp³-hybridized carbons (Fsp3) is 0.133. The van der Waals surface area contributed by atoms with Gasteiger partial charge in [0.25, 0.3) is 5.91 Å². The lowest BCUT2D eigenvalue weighted by Crippen LogP contribution is -2.30. The predicted molar refractivity (Wildman–Crippen MR) is 154 cm³/mol. The number of aliphatic hydroxyl groups excluding tert-OH is 1. The molecule has 0 bridgehead atoms. The Kier molecular flexibility index (Phi) is 8.19. The van der Waals surface area contributed by atoms with E-state index < -0.39 is 23.5 Å². The predicted octanol–water partition coefficient (Wildman–Crippen LogP) is 6.41. The van der Waals surface area contributed by atoms with Gasteiger partial charge in [-0.25, -0.2) is 0 Å². The number of amides is 1. The van der Waals surface area contributed by atoms with E-state index in [1.54, 1.807) is 30.3 Å². The molecule has 1 N–H and O–H groups in total. The highest BCUT2D eigenvalue weighted by molar-refractivity contribution is 8.00. The van der Waals surface area contributed by atoms with Crippen molar-refractivity contribution >= 4 is 46.0 Å². The van der Waals surface area contributed by atoms with Crippen LogP contribution in [0.25, 0.3) is 6.08 Å². The molecule has 3 aromatic carbocycles. The van der Waals surface area contributed by atoms with Crippen LogP contribution in [0.4, 0.5) is 5.13 Å². The number of allylic oxidation sites excluding steroid dienone is 1. The van der Waals surface area contributed by atoms with Crippen LogP contribution in [0.15, 0.2) is 107 Å². The van der Waals surface area contributed by atoms with Crippen molar-refractivity contribution in [3.8, 4) is 5.75 Å². The molecular formula is C30H25N3O4S2. The van der Waals surface area contributed by atoms with E-state index in [1.165, 1.54) is 34.1 Å². The summed E-state index contributed by atoms with van der Waals surface area (Å²) in [6.45, 7) is 2.34. The first-order valence-electron chi connectivity index (χ1n) is 12.3. The number of rotatable bonds is 10. The molecule has 4 aromatic rings. The highest BCUT2D eigenvalue weighted by Gasteiger charge is 2.45. The number of hydrogen-bond donors (Lipinski definition) is 1. The molecule has 196 valence electrons. The zero-order valence-corrected chi connectivity index (χ0v) is 22.7. The minimum atomic E-state index is -0.897. The monoisotopic (exact) mass is 555 g/mol. The first-order chi connectivity index (χ1) is 19.0. The van der Waals surface area contributed by atoms with Crippen LogP contribution in [0, 0.1) is 0 Å². The molecule has 1 atom stereocenters. The number of nitrogens with zero attached hydrogens (tertiary/aromatic N) is 3. The first kappa shape index (κ1) is 26.4. The Morgan fingerprint density at radius 3 is 2.54 bits per heavy atom. The maximum atomic E-state index is 13.5. The first-order valence-corrected chi connectivity index (χ1v) is 14.1. The van der Waals surface area contributed by atoms with Crippen LogP contribution in [0.3, 0.4) is 0 Å². The normalized spacial score (nSPS) is 15.4. The van der Waals surface area contributed by atoms with Gasteiger partial charge in [-0.05, 0) is 41.8 Å². The Balaban J connectivity index is 1.49. The van der Waals surface area contributed by atoms with Crippen molar-refractivity contribution in [3.63, 3.8) is 0 Å². The highest BCUT2D eigenvalue weighted by Crippen LogP contribution is 2.44. The van der Waals surface area contributed by atoms with Crippen LogP contribution in [-0.4, -0.2) is 33.6 Å². The Labute approximate surface area is 234 Å². The van der Waals surface area contributed by atoms with Gasteiger partial charge in [-0.2, -0.15) is 0 Å². The summed E-state index contributed by atoms with van der Waals surface area (Å²) in [5, 5.41) is 19.8. The van der Waals surface area contributed by atoms with Crippen LogP contribution in [0.2, 0.25) is 0 Å². The molecule has 0 fully saturated rings. The van der Waals surface area contributed by atoms with Gasteiger partial charge in [-0.15, -0.1) is 10.2 Å². The minimum absolute atomic E-state index is 0.0190. The lowest BCUT2D eigenvalue weighted by atomic mass is 9.95. The molecule has 0 aliphatic carbocycles. The van der Waals surface area contributed by atoms with E-state index in [4.69, 9.17) is 4.74 Å². The van der Waals surface area contributed by atoms with Crippen molar-refractivity contribution in [2.75, 3.05) is 11.5 Å². The summed E-state index contributed by atoms with van der Waals surface area (Å²) in [5.74, 6) is -0.480. The molecule has 0 saturated heterocycles. The number of hydrogen-bond acceptors (Lipinski definition) is 8. The van der Waals surface area contributed by atoms with Crippen molar-refractivity contribution < 1.29 is 19.4 Å². The molecule has 39 heavy (non-hydrogen) atoms. The van der Waals surface area contributed by atoms with E-state index in [1.807, 2.05) is 67.6 Å². The zero-order valence-electron chi connectivity index (χ0n) is 21.1. The maximum absolute atomic E-state index is 13.5. The number of ether oxygens (including phenoxy) is 1. The average molecular weight is 556 g/mol. The second-order valence-corrected chi connectivity index (χ2v) is 10.8. The molecule has 2 heterocycles. The van der Waals surface area contributed by atoms with Crippen molar-refractivity contribution in [2.45, 2.75) is 23.1 Å². The van der Waals surface area contributed by atoms with E-state index in [-0.39, 0.29) is 5.57 Å². The lowest BCUT2D eigenvalue weighted by molar-refractivity contribution is -0.117. The number of carbonyl (C=O) groups excluding carboxylic acids is 2. The van der Waals surface area contributed by atoms with Gasteiger partial charge in [-0.1, -0.05) is 102 Å². The van der Waals surface area contributed by atoms with E-state index in [9.17, 15) is 14.7 Å². The molecule has 1 aromatic heterocycles. The Bertz CT molecular complexity index is 1530. The fourth-order valence-corrected chi connectivity index (χ4v) is 6.04. The van der Waals surface area contributed by atoms with Crippen LogP contribution >= 0.6 is 23.1 Å². The minimum Gasteiger partial charge on any atom is -0.503 e. The summed E-state index contributed by atoms with van der Waals surface area (Å²) in [7, 11) is 0. The summed E-state index contributed by atoms with van der Waals surface area (Å²) in [5.41, 5.74) is 2.56. The van der Waals surface area contributed by atoms with Crippen LogP contribution in [0.5, 0.6) is 5.75 Å². The van der Waals surface area contributed by atoms with Crippen molar-refractivity contribution in [1.29, 1.82) is 0 Å². The molecule has 0 spiro atoms. The third kappa shape index (κ3) is 5.94. The molecule has 9 heteroatoms. The number of benzene rings is 3. The second-order valence-electron chi connectivity index (χ2n) is 8.58. The van der Waals surface area contributed by atoms with E-state index in [2.05, 4.69) is 10.2 Å². The Hall–Kier alpha value is -4.21. The molecule has 1 aliphatic rings. The molecule has 1 unspecified atom stereocenters. The molecular weight excluding hydrogens is 530 g/mol. The summed E-state index contributed by atoms with van der Waals surface area (Å²) in [6.07, 6.45) is 3.03. The van der Waals surface area contributed by atoms with Gasteiger partial charge < -0.3 is 9.84 Å². The molecule has 0 radical (unpaired) electrons. The molecule has 0 saturated carbocycles. The van der Waals surface area contributed by atoms with Gasteiger partial charge in [0, 0.05) is 5.75 Å². The quantitative estimate of drug-likeness (QED) is 0.137. The topological polar surface area (TPSA) is 92.6 Å². The summed E-state index contributed by atoms with van der Waals surface area (Å²) in [6, 6.07) is 25.6. The van der Waals surface area contributed by atoms with Crippen molar-refractivity contribution in [2.24, 2.45) is 0 Å². The number of aliphatic hydroxyl groups is 1. The summed E-state index contributed by atoms with van der Waals surface area (Å²) < 4.78 is 6.34. The highest BCUT2D eigenvalue weighted by atomic mass is 32.2. The number of thioether (sulfide) groups is 1. The Morgan fingerprint density at radius 2 is 1.79 bits per heavy atom. The third-order valence-electron chi connectivity index (χ3n) is 5.99. The second kappa shape index (κ2) is 12.1. The number of ketones is 1. The SMILES string of the molecule is CCOc1cccc(C2C(C(=O)C=Cc3ccccc3)=C(O)C(=O)N2c2nnc(SCc3ccccc3)s2)c1. The maximum Gasteiger partial charge on any atom is 0.296 e. The van der Waals surface area contributed by atoms with Gasteiger partial charge in [0.2, 0.25) is 5.13 Å². The van der Waals surface area contributed by atoms with E-state index >= 15 is 0 Å². The van der Waals surface area contributed by atoms with Gasteiger partial charge >= 0.3 is 0 Å². The molecule has 7 nitrogen and oxygen atoms in total. The summed E-state index contributed by atoms with van der Waals surface area (Å²) in [4.78, 5) is 28.2. The standard InChI is InChI=1S/C30H25N3O4S2/c1-2-37-23-15-9-14-22(18-23)26-25(24(34)17-16-20-10-5-3-6-11-20)27(35)28(36)33(26)29-31-32-30(39-29)38-19-21-12-7-4-8-13-21/h3-18,26,35H,2,19H2,1H3. The van der Waals surface area contributed by atoms with Gasteiger partial charge in [0.1, 0.15) is 5.75 Å². The van der Waals surface area contributed by atoms with Gasteiger partial charge in [0.05, 0.1) is 18.2 Å². The van der Waals surface area contributed by atoms with Crippen LogP contribution < -0.4 is 9.64 Å². The lowest BCUT2D eigenvalue weighted by Gasteiger charge is -2.24. The number of anilines is 1. The van der Waals surface area contributed by atoms with E-state index in [0.29, 0.717) is 33.1 Å². The fourth-order valence-electron chi connectivity index (χ4n) is 4.21. The third-order valence-corrected chi connectivity index (χ3v) is 8.12. The molecule has 1 aliphatic heterocycles. The Morgan fingerprint density at radius 1 is 1.05 bits per heavy atom. The summed E-state index contributed by atoms with van der Waals surface area (Å²) >= 11 is 2.75. The zero-order chi connectivity index (χ0) is 27.2.